The van der Waals surface area contributed by atoms with Crippen LogP contribution in [0.4, 0.5) is 10.5 Å². The molecule has 0 radical (unpaired) electrons. The maximum atomic E-state index is 12.0. The molecule has 2 rings (SSSR count). The largest absolute Gasteiger partial charge is 0.537 e. The van der Waals surface area contributed by atoms with Crippen LogP contribution in [0.2, 0.25) is 0 Å². The smallest absolute Gasteiger partial charge is 0.425 e. The third-order valence-corrected chi connectivity index (χ3v) is 4.36. The minimum absolute atomic E-state index is 0.0493. The third kappa shape index (κ3) is 8.50. The molecule has 1 aromatic carbocycles. The van der Waals surface area contributed by atoms with Crippen LogP contribution in [0.15, 0.2) is 29.4 Å². The van der Waals surface area contributed by atoms with Crippen molar-refractivity contribution in [3.63, 3.8) is 0 Å². The number of hydroxylamine groups is 2. The molecule has 1 aliphatic heterocycles. The number of rotatable bonds is 11. The summed E-state index contributed by atoms with van der Waals surface area (Å²) in [6, 6.07) is 6.18. The quantitative estimate of drug-likeness (QED) is 0.0993. The molecular weight excluding hydrogens is 438 g/mol. The van der Waals surface area contributed by atoms with Gasteiger partial charge in [0.2, 0.25) is 6.29 Å². The van der Waals surface area contributed by atoms with Crippen LogP contribution < -0.4 is 5.32 Å². The number of hydrogen-bond acceptors (Lipinski definition) is 9. The lowest BCUT2D eigenvalue weighted by Gasteiger charge is -2.16. The van der Waals surface area contributed by atoms with Crippen LogP contribution >= 0.6 is 0 Å². The summed E-state index contributed by atoms with van der Waals surface area (Å²) in [4.78, 5) is 65.3. The van der Waals surface area contributed by atoms with Crippen LogP contribution in [0.5, 0.6) is 0 Å². The molecule has 1 N–H and O–H groups in total. The van der Waals surface area contributed by atoms with Gasteiger partial charge in [0.05, 0.1) is 0 Å². The lowest BCUT2D eigenvalue weighted by atomic mass is 10.1. The van der Waals surface area contributed by atoms with Crippen molar-refractivity contribution in [2.45, 2.75) is 51.7 Å². The normalized spacial score (nSPS) is 13.7. The molecule has 33 heavy (non-hydrogen) atoms. The van der Waals surface area contributed by atoms with Gasteiger partial charge in [-0.3, -0.25) is 24.0 Å². The fourth-order valence-corrected chi connectivity index (χ4v) is 2.76. The number of benzene rings is 1. The second-order valence-corrected chi connectivity index (χ2v) is 6.90. The number of hydrogen-bond donors (Lipinski definition) is 1. The molecule has 1 aliphatic rings. The highest BCUT2D eigenvalue weighted by Gasteiger charge is 2.34. The molecule has 13 heteroatoms. The summed E-state index contributed by atoms with van der Waals surface area (Å²) in [5.74, 6) is -2.17. The average Bonchev–Trinajstić information content (AvgIpc) is 3.08. The summed E-state index contributed by atoms with van der Waals surface area (Å²) in [6.07, 6.45) is -0.860. The molecule has 0 saturated carbocycles. The van der Waals surface area contributed by atoms with E-state index in [0.29, 0.717) is 42.1 Å². The van der Waals surface area contributed by atoms with E-state index in [9.17, 15) is 24.0 Å². The SMILES string of the molecule is CC(OC(=O)CCCCCNC(=O)c1ccc(N=[N+]=[N-])cc1)OC(=O)ON1C(=O)CCC1=O. The third-order valence-electron chi connectivity index (χ3n) is 4.36. The van der Waals surface area contributed by atoms with Crippen LogP contribution in [0.1, 0.15) is 55.8 Å². The van der Waals surface area contributed by atoms with Crippen molar-refractivity contribution in [3.8, 4) is 0 Å². The van der Waals surface area contributed by atoms with Crippen LogP contribution in [-0.2, 0) is 28.7 Å². The Kier molecular flexibility index (Phi) is 9.65. The van der Waals surface area contributed by atoms with E-state index in [0.717, 1.165) is 0 Å². The standard InChI is InChI=1S/C20H23N5O8/c1-13(32-20(30)33-25-16(26)10-11-17(25)27)31-18(28)5-3-2-4-12-22-19(29)14-6-8-15(9-7-14)23-24-21/h6-9,13H,2-5,10-12H2,1H3,(H,22,29). The van der Waals surface area contributed by atoms with Gasteiger partial charge in [0.25, 0.3) is 17.7 Å². The molecule has 0 aliphatic carbocycles. The highest BCUT2D eigenvalue weighted by molar-refractivity contribution is 6.01. The van der Waals surface area contributed by atoms with Crippen molar-refractivity contribution in [2.75, 3.05) is 6.54 Å². The molecule has 0 aromatic heterocycles. The molecule has 1 aromatic rings. The molecule has 176 valence electrons. The second kappa shape index (κ2) is 12.7. The molecular formula is C20H23N5O8. The number of esters is 1. The number of unbranched alkanes of at least 4 members (excludes halogenated alkanes) is 2. The summed E-state index contributed by atoms with van der Waals surface area (Å²) in [5.41, 5.74) is 9.21. The monoisotopic (exact) mass is 461 g/mol. The number of amides is 3. The molecule has 0 spiro atoms. The van der Waals surface area contributed by atoms with Crippen molar-refractivity contribution in [1.29, 1.82) is 0 Å². The van der Waals surface area contributed by atoms with Gasteiger partial charge >= 0.3 is 12.1 Å². The Hall–Kier alpha value is -4.12. The Labute approximate surface area is 188 Å². The first kappa shape index (κ1) is 25.1. The summed E-state index contributed by atoms with van der Waals surface area (Å²) in [7, 11) is 0. The first-order chi connectivity index (χ1) is 15.8. The van der Waals surface area contributed by atoms with Gasteiger partial charge in [0, 0.05) is 48.9 Å². The van der Waals surface area contributed by atoms with Gasteiger partial charge in [-0.15, -0.1) is 0 Å². The Bertz CT molecular complexity index is 926. The molecule has 1 unspecified atom stereocenters. The first-order valence-corrected chi connectivity index (χ1v) is 10.2. The highest BCUT2D eigenvalue weighted by atomic mass is 16.9. The van der Waals surface area contributed by atoms with E-state index in [2.05, 4.69) is 20.2 Å². The highest BCUT2D eigenvalue weighted by Crippen LogP contribution is 2.14. The minimum atomic E-state index is -1.33. The predicted molar refractivity (Wildman–Crippen MR) is 110 cm³/mol. The van der Waals surface area contributed by atoms with Gasteiger partial charge in [-0.1, -0.05) is 28.7 Å². The van der Waals surface area contributed by atoms with Crippen LogP contribution in [0.3, 0.4) is 0 Å². The lowest BCUT2D eigenvalue weighted by Crippen LogP contribution is -2.34. The zero-order valence-electron chi connectivity index (χ0n) is 17.9. The van der Waals surface area contributed by atoms with Crippen molar-refractivity contribution < 1.29 is 38.3 Å². The van der Waals surface area contributed by atoms with Crippen molar-refractivity contribution in [2.24, 2.45) is 5.11 Å². The molecule has 1 saturated heterocycles. The number of imide groups is 1. The molecule has 0 bridgehead atoms. The summed E-state index contributed by atoms with van der Waals surface area (Å²) < 4.78 is 9.61. The summed E-state index contributed by atoms with van der Waals surface area (Å²) in [6.45, 7) is 1.70. The minimum Gasteiger partial charge on any atom is -0.425 e. The average molecular weight is 461 g/mol. The number of carbonyl (C=O) groups excluding carboxylic acids is 5. The fraction of sp³-hybridized carbons (Fsp3) is 0.450. The van der Waals surface area contributed by atoms with E-state index in [1.807, 2.05) is 0 Å². The summed E-state index contributed by atoms with van der Waals surface area (Å²) in [5, 5.41) is 6.50. The topological polar surface area (TPSA) is 177 Å². The van der Waals surface area contributed by atoms with E-state index in [1.54, 1.807) is 12.1 Å². The molecule has 3 amide bonds. The van der Waals surface area contributed by atoms with Gasteiger partial charge in [-0.2, -0.15) is 0 Å². The van der Waals surface area contributed by atoms with Crippen molar-refractivity contribution in [3.05, 3.63) is 40.3 Å². The van der Waals surface area contributed by atoms with Crippen molar-refractivity contribution in [1.82, 2.24) is 10.4 Å². The van der Waals surface area contributed by atoms with Crippen LogP contribution in [0, 0.1) is 0 Å². The molecule has 1 fully saturated rings. The number of azide groups is 1. The number of nitrogens with one attached hydrogen (secondary N) is 1. The van der Waals surface area contributed by atoms with Gasteiger partial charge in [0.15, 0.2) is 0 Å². The van der Waals surface area contributed by atoms with E-state index < -0.39 is 30.2 Å². The van der Waals surface area contributed by atoms with E-state index in [4.69, 9.17) is 15.0 Å². The first-order valence-electron chi connectivity index (χ1n) is 10.2. The molecule has 1 heterocycles. The van der Waals surface area contributed by atoms with E-state index >= 15 is 0 Å². The Morgan fingerprint density at radius 2 is 1.76 bits per heavy atom. The van der Waals surface area contributed by atoms with Gasteiger partial charge in [-0.25, -0.2) is 4.79 Å². The number of nitrogens with zero attached hydrogens (tertiary/aromatic N) is 4. The second-order valence-electron chi connectivity index (χ2n) is 6.90. The van der Waals surface area contributed by atoms with Crippen molar-refractivity contribution >= 4 is 35.5 Å². The zero-order chi connectivity index (χ0) is 24.2. The Morgan fingerprint density at radius 1 is 1.09 bits per heavy atom. The number of ether oxygens (including phenoxy) is 2. The fourth-order valence-electron chi connectivity index (χ4n) is 2.76. The summed E-state index contributed by atoms with van der Waals surface area (Å²) >= 11 is 0. The van der Waals surface area contributed by atoms with Crippen LogP contribution in [-0.4, -0.2) is 47.7 Å². The molecule has 13 nitrogen and oxygen atoms in total. The van der Waals surface area contributed by atoms with E-state index in [-0.39, 0.29) is 25.2 Å². The maximum Gasteiger partial charge on any atom is 0.537 e. The zero-order valence-corrected chi connectivity index (χ0v) is 17.9. The van der Waals surface area contributed by atoms with Gasteiger partial charge < -0.3 is 14.8 Å². The lowest BCUT2D eigenvalue weighted by molar-refractivity contribution is -0.191. The maximum absolute atomic E-state index is 12.0. The van der Waals surface area contributed by atoms with E-state index in [1.165, 1.54) is 19.1 Å². The van der Waals surface area contributed by atoms with Crippen LogP contribution in [0.25, 0.3) is 10.4 Å². The van der Waals surface area contributed by atoms with Gasteiger partial charge in [-0.05, 0) is 30.5 Å². The Morgan fingerprint density at radius 3 is 2.39 bits per heavy atom. The Balaban J connectivity index is 1.56. The predicted octanol–water partition coefficient (Wildman–Crippen LogP) is 3.03. The van der Waals surface area contributed by atoms with Gasteiger partial charge in [0.1, 0.15) is 0 Å². The molecule has 1 atom stereocenters. The number of carbonyl (C=O) groups is 5.